The molecule has 3 heterocycles. The van der Waals surface area contributed by atoms with Gasteiger partial charge in [-0.3, -0.25) is 4.79 Å². The molecule has 5 heteroatoms. The Labute approximate surface area is 143 Å². The van der Waals surface area contributed by atoms with E-state index in [1.165, 1.54) is 30.8 Å². The molecule has 1 aromatic heterocycles. The summed E-state index contributed by atoms with van der Waals surface area (Å²) < 4.78 is 0. The van der Waals surface area contributed by atoms with Crippen LogP contribution in [-0.2, 0) is 4.79 Å². The summed E-state index contributed by atoms with van der Waals surface area (Å²) >= 11 is 1.76. The predicted octanol–water partition coefficient (Wildman–Crippen LogP) is 2.87. The molecule has 0 aromatic carbocycles. The third-order valence-electron chi connectivity index (χ3n) is 5.41. The molecular formula is C18H29N3OS. The van der Waals surface area contributed by atoms with Gasteiger partial charge in [-0.2, -0.15) is 0 Å². The van der Waals surface area contributed by atoms with Crippen molar-refractivity contribution in [1.29, 1.82) is 0 Å². The van der Waals surface area contributed by atoms with E-state index in [2.05, 4.69) is 41.6 Å². The fraction of sp³-hybridized carbons (Fsp3) is 0.722. The fourth-order valence-electron chi connectivity index (χ4n) is 3.95. The smallest absolute Gasteiger partial charge is 0.222 e. The Morgan fingerprint density at radius 3 is 2.61 bits per heavy atom. The average molecular weight is 336 g/mol. The molecule has 0 aliphatic carbocycles. The number of likely N-dealkylation sites (tertiary alicyclic amines) is 2. The molecule has 0 unspecified atom stereocenters. The maximum absolute atomic E-state index is 12.2. The van der Waals surface area contributed by atoms with Crippen molar-refractivity contribution in [3.8, 4) is 0 Å². The first-order valence-corrected chi connectivity index (χ1v) is 9.73. The van der Waals surface area contributed by atoms with Gasteiger partial charge in [-0.1, -0.05) is 6.07 Å². The Kier molecular flexibility index (Phi) is 5.39. The van der Waals surface area contributed by atoms with Crippen LogP contribution in [0.15, 0.2) is 17.5 Å². The van der Waals surface area contributed by atoms with Crippen molar-refractivity contribution in [3.63, 3.8) is 0 Å². The van der Waals surface area contributed by atoms with Gasteiger partial charge in [-0.25, -0.2) is 0 Å². The molecule has 2 saturated heterocycles. The lowest BCUT2D eigenvalue weighted by atomic mass is 9.92. The van der Waals surface area contributed by atoms with Crippen molar-refractivity contribution in [2.45, 2.75) is 63.7 Å². The second-order valence-electron chi connectivity index (χ2n) is 7.18. The largest absolute Gasteiger partial charge is 0.336 e. The second-order valence-corrected chi connectivity index (χ2v) is 8.16. The van der Waals surface area contributed by atoms with Gasteiger partial charge in [0, 0.05) is 36.5 Å². The molecule has 0 saturated carbocycles. The molecule has 2 aliphatic rings. The molecule has 2 fully saturated rings. The van der Waals surface area contributed by atoms with E-state index in [1.54, 1.807) is 11.3 Å². The Hall–Kier alpha value is -0.910. The van der Waals surface area contributed by atoms with E-state index in [1.807, 2.05) is 11.9 Å². The lowest BCUT2D eigenvalue weighted by Gasteiger charge is -2.42. The van der Waals surface area contributed by atoms with E-state index in [9.17, 15) is 4.79 Å². The molecule has 23 heavy (non-hydrogen) atoms. The number of likely N-dealkylation sites (N-methyl/N-ethyl adjacent to an activating group) is 1. The Morgan fingerprint density at radius 1 is 1.26 bits per heavy atom. The number of carbonyl (C=O) groups excluding carboxylic acids is 1. The lowest BCUT2D eigenvalue weighted by molar-refractivity contribution is -0.136. The highest BCUT2D eigenvalue weighted by molar-refractivity contribution is 7.10. The van der Waals surface area contributed by atoms with Crippen LogP contribution < -0.4 is 5.32 Å². The van der Waals surface area contributed by atoms with Gasteiger partial charge in [0.05, 0.1) is 6.04 Å². The average Bonchev–Trinajstić information content (AvgIpc) is 3.06. The van der Waals surface area contributed by atoms with Gasteiger partial charge in [-0.05, 0) is 57.6 Å². The maximum Gasteiger partial charge on any atom is 0.222 e. The van der Waals surface area contributed by atoms with Crippen LogP contribution in [-0.4, -0.2) is 54.0 Å². The lowest BCUT2D eigenvalue weighted by Crippen LogP contribution is -2.54. The van der Waals surface area contributed by atoms with E-state index in [0.29, 0.717) is 24.5 Å². The fourth-order valence-corrected chi connectivity index (χ4v) is 4.88. The van der Waals surface area contributed by atoms with E-state index in [-0.39, 0.29) is 11.9 Å². The Morgan fingerprint density at radius 2 is 2.00 bits per heavy atom. The molecular weight excluding hydrogens is 306 g/mol. The molecule has 1 aromatic rings. The highest BCUT2D eigenvalue weighted by Crippen LogP contribution is 2.34. The maximum atomic E-state index is 12.2. The van der Waals surface area contributed by atoms with Gasteiger partial charge >= 0.3 is 0 Å². The van der Waals surface area contributed by atoms with Gasteiger partial charge < -0.3 is 15.1 Å². The van der Waals surface area contributed by atoms with Crippen molar-refractivity contribution in [3.05, 3.63) is 22.4 Å². The third-order valence-corrected chi connectivity index (χ3v) is 6.35. The number of nitrogens with one attached hydrogen (secondary N) is 1. The number of carbonyl (C=O) groups is 1. The van der Waals surface area contributed by atoms with Gasteiger partial charge in [0.2, 0.25) is 5.91 Å². The van der Waals surface area contributed by atoms with E-state index < -0.39 is 0 Å². The predicted molar refractivity (Wildman–Crippen MR) is 95.7 cm³/mol. The summed E-state index contributed by atoms with van der Waals surface area (Å²) in [5.41, 5.74) is 0. The van der Waals surface area contributed by atoms with Crippen LogP contribution in [0.4, 0.5) is 0 Å². The molecule has 1 amide bonds. The van der Waals surface area contributed by atoms with Crippen molar-refractivity contribution < 1.29 is 4.79 Å². The summed E-state index contributed by atoms with van der Waals surface area (Å²) in [6, 6.07) is 6.06. The zero-order valence-electron chi connectivity index (χ0n) is 14.5. The normalized spacial score (nSPS) is 27.8. The van der Waals surface area contributed by atoms with Gasteiger partial charge in [0.1, 0.15) is 0 Å². The second kappa shape index (κ2) is 7.32. The minimum absolute atomic E-state index is 0.194. The van der Waals surface area contributed by atoms with Crippen molar-refractivity contribution in [2.24, 2.45) is 0 Å². The van der Waals surface area contributed by atoms with Crippen LogP contribution in [0.2, 0.25) is 0 Å². The number of thiophene rings is 1. The molecule has 0 spiro atoms. The van der Waals surface area contributed by atoms with Crippen molar-refractivity contribution in [2.75, 3.05) is 20.1 Å². The molecule has 0 bridgehead atoms. The van der Waals surface area contributed by atoms with Gasteiger partial charge in [0.25, 0.3) is 0 Å². The van der Waals surface area contributed by atoms with Crippen LogP contribution >= 0.6 is 11.3 Å². The molecule has 0 radical (unpaired) electrons. The monoisotopic (exact) mass is 335 g/mol. The first-order chi connectivity index (χ1) is 11.1. The Bertz CT molecular complexity index is 508. The van der Waals surface area contributed by atoms with Crippen molar-refractivity contribution >= 4 is 17.2 Å². The number of rotatable bonds is 4. The molecule has 2 aliphatic heterocycles. The van der Waals surface area contributed by atoms with E-state index in [4.69, 9.17) is 0 Å². The van der Waals surface area contributed by atoms with Crippen molar-refractivity contribution in [1.82, 2.24) is 15.1 Å². The van der Waals surface area contributed by atoms with Crippen LogP contribution in [0.3, 0.4) is 0 Å². The summed E-state index contributed by atoms with van der Waals surface area (Å²) in [6.45, 7) is 6.92. The first kappa shape index (κ1) is 16.9. The summed E-state index contributed by atoms with van der Waals surface area (Å²) in [5, 5.41) is 6.00. The number of piperidine rings is 2. The van der Waals surface area contributed by atoms with Gasteiger partial charge in [-0.15, -0.1) is 11.3 Å². The molecule has 2 atom stereocenters. The minimum atomic E-state index is 0.194. The summed E-state index contributed by atoms with van der Waals surface area (Å²) in [5.74, 6) is 0.274. The Balaban J connectivity index is 1.65. The minimum Gasteiger partial charge on any atom is -0.336 e. The number of amides is 1. The van der Waals surface area contributed by atoms with Crippen LogP contribution in [0.1, 0.15) is 50.4 Å². The number of nitrogens with zero attached hydrogens (tertiary/aromatic N) is 2. The van der Waals surface area contributed by atoms with Crippen LogP contribution in [0.25, 0.3) is 0 Å². The zero-order valence-corrected chi connectivity index (χ0v) is 15.3. The van der Waals surface area contributed by atoms with E-state index >= 15 is 0 Å². The topological polar surface area (TPSA) is 35.6 Å². The SMILES string of the molecule is CC(C)N1CCC(N[C@H]2CCC(=O)N(C)[C@@H]2c2cccs2)CC1. The van der Waals surface area contributed by atoms with Gasteiger partial charge in [0.15, 0.2) is 0 Å². The summed E-state index contributed by atoms with van der Waals surface area (Å²) in [6.07, 6.45) is 4.05. The molecule has 128 valence electrons. The quantitative estimate of drug-likeness (QED) is 0.919. The zero-order chi connectivity index (χ0) is 16.4. The summed E-state index contributed by atoms with van der Waals surface area (Å²) in [7, 11) is 1.96. The number of hydrogen-bond donors (Lipinski definition) is 1. The highest BCUT2D eigenvalue weighted by Gasteiger charge is 2.36. The van der Waals surface area contributed by atoms with E-state index in [0.717, 1.165) is 6.42 Å². The van der Waals surface area contributed by atoms with Crippen LogP contribution in [0.5, 0.6) is 0 Å². The van der Waals surface area contributed by atoms with Crippen LogP contribution in [0, 0.1) is 0 Å². The number of hydrogen-bond acceptors (Lipinski definition) is 4. The summed E-state index contributed by atoms with van der Waals surface area (Å²) in [4.78, 5) is 18.0. The highest BCUT2D eigenvalue weighted by atomic mass is 32.1. The molecule has 3 rings (SSSR count). The first-order valence-electron chi connectivity index (χ1n) is 8.85. The molecule has 1 N–H and O–H groups in total. The third kappa shape index (κ3) is 3.78. The molecule has 4 nitrogen and oxygen atoms in total. The standard InChI is InChI=1S/C18H29N3OS/c1-13(2)21-10-8-14(9-11-21)19-15-6-7-17(22)20(3)18(15)16-5-4-12-23-16/h4-5,12-15,18-19H,6-11H2,1-3H3/t15-,18-/m0/s1.